The lowest BCUT2D eigenvalue weighted by Crippen LogP contribution is -2.50. The molecule has 0 radical (unpaired) electrons. The molecule has 2 saturated heterocycles. The molecule has 0 spiro atoms. The summed E-state index contributed by atoms with van der Waals surface area (Å²) in [4.78, 5) is 28.6. The Labute approximate surface area is 197 Å². The van der Waals surface area contributed by atoms with Crippen molar-refractivity contribution in [2.75, 3.05) is 51.1 Å². The lowest BCUT2D eigenvalue weighted by molar-refractivity contribution is -0.117. The van der Waals surface area contributed by atoms with Crippen LogP contribution in [0.3, 0.4) is 0 Å². The lowest BCUT2D eigenvalue weighted by Gasteiger charge is -2.34. The van der Waals surface area contributed by atoms with Crippen molar-refractivity contribution in [3.05, 3.63) is 59.7 Å². The van der Waals surface area contributed by atoms with Gasteiger partial charge in [-0.25, -0.2) is 17.2 Å². The first-order chi connectivity index (χ1) is 16.2. The molecule has 2 aromatic carbocycles. The first-order valence-electron chi connectivity index (χ1n) is 11.1. The SMILES string of the molecule is O=C(CN1CCN(C(=O)c2ccc(F)c(F)c2)CC1)Nc1cccc(S(=O)(=O)N2CCCC2)c1. The van der Waals surface area contributed by atoms with Gasteiger partial charge in [-0.1, -0.05) is 6.07 Å². The summed E-state index contributed by atoms with van der Waals surface area (Å²) in [5.41, 5.74) is 0.478. The van der Waals surface area contributed by atoms with Crippen molar-refractivity contribution < 1.29 is 26.8 Å². The van der Waals surface area contributed by atoms with Crippen LogP contribution in [0.2, 0.25) is 0 Å². The molecule has 0 aromatic heterocycles. The average molecular weight is 493 g/mol. The van der Waals surface area contributed by atoms with Gasteiger partial charge in [0.25, 0.3) is 5.91 Å². The molecule has 0 saturated carbocycles. The van der Waals surface area contributed by atoms with Gasteiger partial charge in [-0.2, -0.15) is 4.31 Å². The van der Waals surface area contributed by atoms with Gasteiger partial charge in [-0.05, 0) is 49.2 Å². The number of amides is 2. The summed E-state index contributed by atoms with van der Waals surface area (Å²) in [6, 6.07) is 9.28. The van der Waals surface area contributed by atoms with E-state index in [2.05, 4.69) is 5.32 Å². The molecule has 2 aliphatic rings. The number of carbonyl (C=O) groups is 2. The van der Waals surface area contributed by atoms with Crippen LogP contribution in [0, 0.1) is 11.6 Å². The molecule has 2 amide bonds. The van der Waals surface area contributed by atoms with Crippen LogP contribution in [-0.4, -0.2) is 80.2 Å². The maximum atomic E-state index is 13.4. The molecule has 182 valence electrons. The Morgan fingerprint density at radius 1 is 0.882 bits per heavy atom. The maximum absolute atomic E-state index is 13.4. The maximum Gasteiger partial charge on any atom is 0.254 e. The van der Waals surface area contributed by atoms with E-state index in [1.54, 1.807) is 12.1 Å². The number of benzene rings is 2. The van der Waals surface area contributed by atoms with Crippen LogP contribution >= 0.6 is 0 Å². The van der Waals surface area contributed by atoms with Gasteiger partial charge in [0.1, 0.15) is 0 Å². The summed E-state index contributed by atoms with van der Waals surface area (Å²) in [7, 11) is -3.58. The van der Waals surface area contributed by atoms with E-state index in [1.807, 2.05) is 4.90 Å². The van der Waals surface area contributed by atoms with E-state index in [4.69, 9.17) is 0 Å². The number of hydrogen-bond acceptors (Lipinski definition) is 5. The minimum atomic E-state index is -3.58. The molecule has 0 atom stereocenters. The number of nitrogens with one attached hydrogen (secondary N) is 1. The number of hydrogen-bond donors (Lipinski definition) is 1. The second-order valence-electron chi connectivity index (χ2n) is 8.38. The van der Waals surface area contributed by atoms with Gasteiger partial charge in [-0.15, -0.1) is 0 Å². The molecule has 1 N–H and O–H groups in total. The fourth-order valence-corrected chi connectivity index (χ4v) is 5.70. The summed E-state index contributed by atoms with van der Waals surface area (Å²) in [6.07, 6.45) is 1.69. The molecule has 0 unspecified atom stereocenters. The standard InChI is InChI=1S/C23H26F2N4O4S/c24-20-7-6-17(14-21(20)25)23(31)28-12-10-27(11-13-28)16-22(30)26-18-4-3-5-19(15-18)34(32,33)29-8-1-2-9-29/h3-7,14-15H,1-2,8-13,16H2,(H,26,30). The minimum absolute atomic E-state index is 0.0776. The van der Waals surface area contributed by atoms with Crippen LogP contribution in [-0.2, 0) is 14.8 Å². The normalized spacial score (nSPS) is 17.6. The Balaban J connectivity index is 1.30. The van der Waals surface area contributed by atoms with Crippen molar-refractivity contribution in [2.24, 2.45) is 0 Å². The highest BCUT2D eigenvalue weighted by Crippen LogP contribution is 2.23. The van der Waals surface area contributed by atoms with Gasteiger partial charge in [0.15, 0.2) is 11.6 Å². The summed E-state index contributed by atoms with van der Waals surface area (Å²) in [5, 5.41) is 2.74. The zero-order valence-electron chi connectivity index (χ0n) is 18.5. The van der Waals surface area contributed by atoms with E-state index >= 15 is 0 Å². The number of sulfonamides is 1. The summed E-state index contributed by atoms with van der Waals surface area (Å²) >= 11 is 0. The van der Waals surface area contributed by atoms with Gasteiger partial charge in [-0.3, -0.25) is 14.5 Å². The summed E-state index contributed by atoms with van der Waals surface area (Å²) in [5.74, 6) is -2.76. The second-order valence-corrected chi connectivity index (χ2v) is 10.3. The third-order valence-corrected chi connectivity index (χ3v) is 7.91. The van der Waals surface area contributed by atoms with E-state index in [1.165, 1.54) is 27.4 Å². The van der Waals surface area contributed by atoms with Crippen molar-refractivity contribution in [1.29, 1.82) is 0 Å². The predicted octanol–water partition coefficient (Wildman–Crippen LogP) is 2.15. The van der Waals surface area contributed by atoms with Crippen LogP contribution < -0.4 is 5.32 Å². The van der Waals surface area contributed by atoms with Gasteiger partial charge >= 0.3 is 0 Å². The molecule has 34 heavy (non-hydrogen) atoms. The quantitative estimate of drug-likeness (QED) is 0.668. The summed E-state index contributed by atoms with van der Waals surface area (Å²) < 4.78 is 53.5. The fourth-order valence-electron chi connectivity index (χ4n) is 4.14. The average Bonchev–Trinajstić information content (AvgIpc) is 3.37. The van der Waals surface area contributed by atoms with Crippen molar-refractivity contribution in [1.82, 2.24) is 14.1 Å². The second kappa shape index (κ2) is 10.2. The Hall–Kier alpha value is -2.89. The van der Waals surface area contributed by atoms with Crippen LogP contribution in [0.15, 0.2) is 47.4 Å². The highest BCUT2D eigenvalue weighted by Gasteiger charge is 2.28. The van der Waals surface area contributed by atoms with Crippen LogP contribution in [0.5, 0.6) is 0 Å². The molecule has 11 heteroatoms. The molecule has 2 fully saturated rings. The van der Waals surface area contributed by atoms with Gasteiger partial charge in [0.2, 0.25) is 15.9 Å². The molecular formula is C23H26F2N4O4S. The van der Waals surface area contributed by atoms with E-state index in [-0.39, 0.29) is 28.8 Å². The molecule has 0 bridgehead atoms. The number of rotatable bonds is 6. The summed E-state index contributed by atoms with van der Waals surface area (Å²) in [6.45, 7) is 2.64. The highest BCUT2D eigenvalue weighted by atomic mass is 32.2. The number of halogens is 2. The van der Waals surface area contributed by atoms with Crippen molar-refractivity contribution in [3.63, 3.8) is 0 Å². The highest BCUT2D eigenvalue weighted by molar-refractivity contribution is 7.89. The van der Waals surface area contributed by atoms with Crippen molar-refractivity contribution in [3.8, 4) is 0 Å². The predicted molar refractivity (Wildman–Crippen MR) is 122 cm³/mol. The molecule has 2 aliphatic heterocycles. The van der Waals surface area contributed by atoms with E-state index < -0.39 is 21.7 Å². The topological polar surface area (TPSA) is 90.0 Å². The molecular weight excluding hydrogens is 466 g/mol. The molecule has 2 aromatic rings. The largest absolute Gasteiger partial charge is 0.336 e. The van der Waals surface area contributed by atoms with Gasteiger partial charge in [0, 0.05) is 50.5 Å². The Kier molecular flexibility index (Phi) is 7.24. The number of anilines is 1. The smallest absolute Gasteiger partial charge is 0.254 e. The Bertz CT molecular complexity index is 1180. The molecule has 4 rings (SSSR count). The zero-order chi connectivity index (χ0) is 24.3. The first kappa shape index (κ1) is 24.2. The van der Waals surface area contributed by atoms with Crippen molar-refractivity contribution in [2.45, 2.75) is 17.7 Å². The van der Waals surface area contributed by atoms with E-state index in [9.17, 15) is 26.8 Å². The molecule has 0 aliphatic carbocycles. The number of carbonyl (C=O) groups excluding carboxylic acids is 2. The van der Waals surface area contributed by atoms with E-state index in [0.29, 0.717) is 45.0 Å². The monoisotopic (exact) mass is 492 g/mol. The lowest BCUT2D eigenvalue weighted by atomic mass is 10.1. The first-order valence-corrected chi connectivity index (χ1v) is 12.5. The van der Waals surface area contributed by atoms with Crippen molar-refractivity contribution >= 4 is 27.5 Å². The third-order valence-electron chi connectivity index (χ3n) is 6.01. The zero-order valence-corrected chi connectivity index (χ0v) is 19.4. The molecule has 2 heterocycles. The minimum Gasteiger partial charge on any atom is -0.336 e. The Morgan fingerprint density at radius 3 is 2.26 bits per heavy atom. The molecule has 8 nitrogen and oxygen atoms in total. The third kappa shape index (κ3) is 5.43. The van der Waals surface area contributed by atoms with Gasteiger partial charge in [0.05, 0.1) is 11.4 Å². The van der Waals surface area contributed by atoms with E-state index in [0.717, 1.165) is 25.0 Å². The number of piperazine rings is 1. The fraction of sp³-hybridized carbons (Fsp3) is 0.391. The van der Waals surface area contributed by atoms with Crippen LogP contribution in [0.1, 0.15) is 23.2 Å². The van der Waals surface area contributed by atoms with Gasteiger partial charge < -0.3 is 10.2 Å². The Morgan fingerprint density at radius 2 is 1.59 bits per heavy atom. The van der Waals surface area contributed by atoms with Crippen LogP contribution in [0.4, 0.5) is 14.5 Å². The van der Waals surface area contributed by atoms with Crippen LogP contribution in [0.25, 0.3) is 0 Å². The number of nitrogens with zero attached hydrogens (tertiary/aromatic N) is 3.